The summed E-state index contributed by atoms with van der Waals surface area (Å²) in [6, 6.07) is 18.4. The third kappa shape index (κ3) is 4.32. The second-order valence-electron chi connectivity index (χ2n) is 7.29. The van der Waals surface area contributed by atoms with Gasteiger partial charge in [0.05, 0.1) is 26.6 Å². The number of rotatable bonds is 6. The van der Waals surface area contributed by atoms with Gasteiger partial charge in [0, 0.05) is 0 Å². The molecular weight excluding hydrogens is 450 g/mol. The minimum atomic E-state index is -4.04. The minimum absolute atomic E-state index is 0.114. The van der Waals surface area contributed by atoms with Crippen LogP contribution in [0, 0.1) is 13.8 Å². The summed E-state index contributed by atoms with van der Waals surface area (Å²) >= 11 is 6.07. The van der Waals surface area contributed by atoms with Gasteiger partial charge < -0.3 is 10.1 Å². The highest BCUT2D eigenvalue weighted by Gasteiger charge is 2.26. The van der Waals surface area contributed by atoms with Crippen LogP contribution < -0.4 is 10.1 Å². The van der Waals surface area contributed by atoms with Crippen LogP contribution >= 0.6 is 11.6 Å². The van der Waals surface area contributed by atoms with Crippen molar-refractivity contribution in [3.8, 4) is 6.01 Å². The first-order valence-corrected chi connectivity index (χ1v) is 11.6. The maximum Gasteiger partial charge on any atom is 0.312 e. The number of hydrogen-bond donors (Lipinski definition) is 1. The Morgan fingerprint density at radius 1 is 1.03 bits per heavy atom. The molecule has 0 radical (unpaired) electrons. The number of fused-ring (bicyclic) bond motifs is 1. The molecule has 1 heterocycles. The molecule has 0 unspecified atom stereocenters. The first kappa shape index (κ1) is 21.9. The lowest BCUT2D eigenvalue weighted by atomic mass is 10.2. The van der Waals surface area contributed by atoms with Gasteiger partial charge in [0.1, 0.15) is 0 Å². The first-order chi connectivity index (χ1) is 15.3. The second-order valence-corrected chi connectivity index (χ2v) is 9.49. The lowest BCUT2D eigenvalue weighted by molar-refractivity contribution is -0.118. The SMILES string of the molecule is Cc1cc(C)cc(S(=O)(=O)n2c(OCC(=O)Nc3ccccc3Cl)nc3ccccc32)c1. The summed E-state index contributed by atoms with van der Waals surface area (Å²) in [6.07, 6.45) is 0. The van der Waals surface area contributed by atoms with E-state index in [9.17, 15) is 13.2 Å². The van der Waals surface area contributed by atoms with Crippen molar-refractivity contribution >= 4 is 44.3 Å². The van der Waals surface area contributed by atoms with Gasteiger partial charge in [-0.05, 0) is 61.4 Å². The number of imidazole rings is 1. The topological polar surface area (TPSA) is 90.3 Å². The zero-order chi connectivity index (χ0) is 22.9. The molecule has 1 aromatic heterocycles. The van der Waals surface area contributed by atoms with Gasteiger partial charge in [-0.25, -0.2) is 8.42 Å². The van der Waals surface area contributed by atoms with Gasteiger partial charge in [0.15, 0.2) is 6.61 Å². The van der Waals surface area contributed by atoms with E-state index in [0.717, 1.165) is 15.1 Å². The number of aryl methyl sites for hydroxylation is 2. The van der Waals surface area contributed by atoms with E-state index in [4.69, 9.17) is 16.3 Å². The highest BCUT2D eigenvalue weighted by atomic mass is 35.5. The van der Waals surface area contributed by atoms with Crippen LogP contribution in [0.3, 0.4) is 0 Å². The Hall–Kier alpha value is -3.36. The molecule has 1 N–H and O–H groups in total. The number of nitrogens with one attached hydrogen (secondary N) is 1. The Kier molecular flexibility index (Phi) is 5.90. The van der Waals surface area contributed by atoms with Crippen LogP contribution in [0.25, 0.3) is 11.0 Å². The first-order valence-electron chi connectivity index (χ1n) is 9.74. The number of hydrogen-bond acceptors (Lipinski definition) is 5. The zero-order valence-electron chi connectivity index (χ0n) is 17.4. The number of anilines is 1. The number of nitrogens with zero attached hydrogens (tertiary/aromatic N) is 2. The average molecular weight is 470 g/mol. The van der Waals surface area contributed by atoms with Crippen molar-refractivity contribution in [3.05, 3.63) is 82.9 Å². The number of carbonyl (C=O) groups is 1. The van der Waals surface area contributed by atoms with Gasteiger partial charge in [-0.3, -0.25) is 4.79 Å². The van der Waals surface area contributed by atoms with Gasteiger partial charge in [-0.15, -0.1) is 0 Å². The molecule has 3 aromatic carbocycles. The Balaban J connectivity index is 1.69. The summed E-state index contributed by atoms with van der Waals surface area (Å²) in [5, 5.41) is 3.02. The van der Waals surface area contributed by atoms with Gasteiger partial charge in [0.2, 0.25) is 0 Å². The summed E-state index contributed by atoms with van der Waals surface area (Å²) in [5.41, 5.74) is 2.85. The smallest absolute Gasteiger partial charge is 0.312 e. The van der Waals surface area contributed by atoms with Crippen LogP contribution in [-0.2, 0) is 14.8 Å². The number of amides is 1. The van der Waals surface area contributed by atoms with Gasteiger partial charge in [0.25, 0.3) is 15.9 Å². The Morgan fingerprint density at radius 2 is 1.69 bits per heavy atom. The number of aromatic nitrogens is 2. The molecule has 9 heteroatoms. The summed E-state index contributed by atoms with van der Waals surface area (Å²) < 4.78 is 33.7. The molecule has 0 aliphatic heterocycles. The predicted octanol–water partition coefficient (Wildman–Crippen LogP) is 4.56. The molecule has 164 valence electrons. The summed E-state index contributed by atoms with van der Waals surface area (Å²) in [4.78, 5) is 16.8. The largest absolute Gasteiger partial charge is 0.454 e. The molecule has 0 saturated heterocycles. The summed E-state index contributed by atoms with van der Waals surface area (Å²) in [6.45, 7) is 3.21. The van der Waals surface area contributed by atoms with Crippen molar-refractivity contribution in [2.75, 3.05) is 11.9 Å². The van der Waals surface area contributed by atoms with E-state index in [1.807, 2.05) is 19.9 Å². The van der Waals surface area contributed by atoms with Gasteiger partial charge in [-0.2, -0.15) is 8.96 Å². The van der Waals surface area contributed by atoms with Gasteiger partial charge >= 0.3 is 6.01 Å². The van der Waals surface area contributed by atoms with Crippen molar-refractivity contribution in [3.63, 3.8) is 0 Å². The minimum Gasteiger partial charge on any atom is -0.454 e. The third-order valence-electron chi connectivity index (χ3n) is 4.70. The standard InChI is InChI=1S/C23H20ClN3O4S/c1-15-11-16(2)13-17(12-15)32(29,30)27-21-10-6-5-9-20(21)26-23(27)31-14-22(28)25-19-8-4-3-7-18(19)24/h3-13H,14H2,1-2H3,(H,25,28). The Morgan fingerprint density at radius 3 is 2.41 bits per heavy atom. The van der Waals surface area contributed by atoms with Crippen molar-refractivity contribution in [1.29, 1.82) is 0 Å². The normalized spacial score (nSPS) is 11.5. The van der Waals surface area contributed by atoms with Gasteiger partial charge in [-0.1, -0.05) is 41.9 Å². The molecule has 4 aromatic rings. The van der Waals surface area contributed by atoms with E-state index >= 15 is 0 Å². The van der Waals surface area contributed by atoms with Crippen LogP contribution in [0.15, 0.2) is 71.6 Å². The van der Waals surface area contributed by atoms with Crippen molar-refractivity contribution < 1.29 is 17.9 Å². The molecule has 0 fully saturated rings. The monoisotopic (exact) mass is 469 g/mol. The van der Waals surface area contributed by atoms with E-state index in [1.165, 1.54) is 0 Å². The molecule has 0 bridgehead atoms. The van der Waals surface area contributed by atoms with Crippen molar-refractivity contribution in [2.45, 2.75) is 18.7 Å². The summed E-state index contributed by atoms with van der Waals surface area (Å²) in [7, 11) is -4.04. The fourth-order valence-electron chi connectivity index (χ4n) is 3.37. The molecule has 7 nitrogen and oxygen atoms in total. The second kappa shape index (κ2) is 8.64. The van der Waals surface area contributed by atoms with Crippen LogP contribution in [0.2, 0.25) is 5.02 Å². The third-order valence-corrected chi connectivity index (χ3v) is 6.70. The van der Waals surface area contributed by atoms with Crippen LogP contribution in [0.5, 0.6) is 6.01 Å². The lowest BCUT2D eigenvalue weighted by Crippen LogP contribution is -2.23. The van der Waals surface area contributed by atoms with E-state index in [1.54, 1.807) is 60.7 Å². The van der Waals surface area contributed by atoms with Crippen LogP contribution in [0.4, 0.5) is 5.69 Å². The summed E-state index contributed by atoms with van der Waals surface area (Å²) in [5.74, 6) is -0.500. The van der Waals surface area contributed by atoms with E-state index in [-0.39, 0.29) is 10.9 Å². The number of halogens is 1. The van der Waals surface area contributed by atoms with E-state index < -0.39 is 22.5 Å². The molecule has 1 amide bonds. The number of ether oxygens (including phenoxy) is 1. The van der Waals surface area contributed by atoms with E-state index in [0.29, 0.717) is 21.7 Å². The van der Waals surface area contributed by atoms with Crippen LogP contribution in [-0.4, -0.2) is 29.9 Å². The predicted molar refractivity (Wildman–Crippen MR) is 124 cm³/mol. The van der Waals surface area contributed by atoms with Crippen molar-refractivity contribution in [1.82, 2.24) is 8.96 Å². The molecule has 0 atom stereocenters. The molecule has 0 aliphatic carbocycles. The fourth-order valence-corrected chi connectivity index (χ4v) is 5.15. The number of benzene rings is 3. The Labute approximate surface area is 190 Å². The highest BCUT2D eigenvalue weighted by molar-refractivity contribution is 7.90. The van der Waals surface area contributed by atoms with Crippen LogP contribution in [0.1, 0.15) is 11.1 Å². The highest BCUT2D eigenvalue weighted by Crippen LogP contribution is 2.28. The molecule has 32 heavy (non-hydrogen) atoms. The molecule has 0 spiro atoms. The van der Waals surface area contributed by atoms with E-state index in [2.05, 4.69) is 10.3 Å². The maximum absolute atomic E-state index is 13.5. The molecule has 0 aliphatic rings. The average Bonchev–Trinajstić information content (AvgIpc) is 3.12. The quantitative estimate of drug-likeness (QED) is 0.447. The van der Waals surface area contributed by atoms with Crippen molar-refractivity contribution in [2.24, 2.45) is 0 Å². The zero-order valence-corrected chi connectivity index (χ0v) is 18.9. The fraction of sp³-hybridized carbons (Fsp3) is 0.130. The molecule has 4 rings (SSSR count). The number of carbonyl (C=O) groups excluding carboxylic acids is 1. The number of para-hydroxylation sites is 3. The lowest BCUT2D eigenvalue weighted by Gasteiger charge is -2.12. The molecular formula is C23H20ClN3O4S. The Bertz CT molecular complexity index is 1410. The maximum atomic E-state index is 13.5. The molecule has 0 saturated carbocycles.